The number of rotatable bonds is 6. The summed E-state index contributed by atoms with van der Waals surface area (Å²) in [5, 5.41) is 16.0. The predicted octanol–water partition coefficient (Wildman–Crippen LogP) is 3.85. The van der Waals surface area contributed by atoms with Crippen LogP contribution in [0.4, 0.5) is 4.79 Å². The molecule has 2 amide bonds. The lowest BCUT2D eigenvalue weighted by molar-refractivity contribution is 0.0931. The molecule has 0 spiro atoms. The second-order valence-corrected chi connectivity index (χ2v) is 7.55. The van der Waals surface area contributed by atoms with Crippen LogP contribution in [0.3, 0.4) is 0 Å². The third kappa shape index (κ3) is 5.61. The highest BCUT2D eigenvalue weighted by Gasteiger charge is 2.22. The van der Waals surface area contributed by atoms with E-state index in [1.165, 1.54) is 43.4 Å². The van der Waals surface area contributed by atoms with Crippen LogP contribution in [0.2, 0.25) is 0 Å². The molecule has 22 heavy (non-hydrogen) atoms. The molecule has 3 N–H and O–H groups in total. The Kier molecular flexibility index (Phi) is 6.70. The van der Waals surface area contributed by atoms with Crippen molar-refractivity contribution in [2.24, 2.45) is 5.92 Å². The lowest BCUT2D eigenvalue weighted by atomic mass is 9.85. The van der Waals surface area contributed by atoms with Crippen molar-refractivity contribution < 1.29 is 14.7 Å². The lowest BCUT2D eigenvalue weighted by Crippen LogP contribution is -2.44. The molecule has 0 saturated heterocycles. The summed E-state index contributed by atoms with van der Waals surface area (Å²) >= 11 is 4.71. The van der Waals surface area contributed by atoms with Gasteiger partial charge in [0.25, 0.3) is 5.91 Å². The monoisotopic (exact) mass is 388 g/mol. The first-order valence-electron chi connectivity index (χ1n) is 7.56. The number of hydrogen-bond acceptors (Lipinski definition) is 3. The predicted molar refractivity (Wildman–Crippen MR) is 90.5 cm³/mol. The minimum atomic E-state index is -1.05. The molecule has 7 heteroatoms. The van der Waals surface area contributed by atoms with Gasteiger partial charge in [0.1, 0.15) is 0 Å². The Balaban J connectivity index is 1.93. The van der Waals surface area contributed by atoms with Gasteiger partial charge in [0.2, 0.25) is 0 Å². The highest BCUT2D eigenvalue weighted by Crippen LogP contribution is 2.27. The maximum absolute atomic E-state index is 12.3. The summed E-state index contributed by atoms with van der Waals surface area (Å²) in [4.78, 5) is 23.6. The number of amides is 2. The molecule has 1 heterocycles. The molecular formula is C15H21BrN2O3S. The number of carbonyl (C=O) groups is 2. The normalized spacial score (nSPS) is 17.0. The molecule has 0 aliphatic heterocycles. The molecule has 1 aliphatic carbocycles. The smallest absolute Gasteiger partial charge is 0.404 e. The van der Waals surface area contributed by atoms with Crippen molar-refractivity contribution in [1.82, 2.24) is 10.6 Å². The Labute approximate surface area is 142 Å². The zero-order chi connectivity index (χ0) is 15.9. The number of thiophene rings is 1. The summed E-state index contributed by atoms with van der Waals surface area (Å²) in [5.74, 6) is 0.438. The fourth-order valence-electron chi connectivity index (χ4n) is 2.92. The highest BCUT2D eigenvalue weighted by molar-refractivity contribution is 9.10. The highest BCUT2D eigenvalue weighted by atomic mass is 79.9. The van der Waals surface area contributed by atoms with Crippen molar-refractivity contribution in [3.05, 3.63) is 20.8 Å². The minimum absolute atomic E-state index is 0.135. The molecule has 122 valence electrons. The van der Waals surface area contributed by atoms with Crippen molar-refractivity contribution in [3.63, 3.8) is 0 Å². The minimum Gasteiger partial charge on any atom is -0.465 e. The number of carboxylic acid groups (broad SMARTS) is 1. The molecule has 1 aliphatic rings. The lowest BCUT2D eigenvalue weighted by Gasteiger charge is -2.27. The van der Waals surface area contributed by atoms with E-state index in [4.69, 9.17) is 5.11 Å². The molecule has 5 nitrogen and oxygen atoms in total. The summed E-state index contributed by atoms with van der Waals surface area (Å²) in [7, 11) is 0. The molecule has 1 fully saturated rings. The van der Waals surface area contributed by atoms with Gasteiger partial charge in [0.05, 0.1) is 4.88 Å². The Morgan fingerprint density at radius 3 is 2.68 bits per heavy atom. The van der Waals surface area contributed by atoms with E-state index in [0.717, 1.165) is 10.9 Å². The largest absolute Gasteiger partial charge is 0.465 e. The third-order valence-corrected chi connectivity index (χ3v) is 5.66. The van der Waals surface area contributed by atoms with Crippen LogP contribution >= 0.6 is 27.3 Å². The van der Waals surface area contributed by atoms with Gasteiger partial charge in [-0.1, -0.05) is 32.1 Å². The number of nitrogens with one attached hydrogen (secondary N) is 2. The summed E-state index contributed by atoms with van der Waals surface area (Å²) in [6, 6.07) is 1.62. The third-order valence-electron chi connectivity index (χ3n) is 3.97. The van der Waals surface area contributed by atoms with E-state index < -0.39 is 6.09 Å². The summed E-state index contributed by atoms with van der Waals surface area (Å²) in [6.45, 7) is 0.254. The van der Waals surface area contributed by atoms with E-state index in [1.54, 1.807) is 6.07 Å². The van der Waals surface area contributed by atoms with Gasteiger partial charge in [-0.25, -0.2) is 4.79 Å². The standard InChI is InChI=1S/C15H21BrN2O3S/c16-11-7-13(22-9-11)14(19)18-12(8-17-15(20)21)6-10-4-2-1-3-5-10/h7,9-10,12,17H,1-6,8H2,(H,18,19)(H,20,21)/t12-/m1/s1. The molecule has 0 radical (unpaired) electrons. The van der Waals surface area contributed by atoms with Gasteiger partial charge in [0, 0.05) is 22.4 Å². The second-order valence-electron chi connectivity index (χ2n) is 5.73. The first-order valence-corrected chi connectivity index (χ1v) is 9.23. The number of carbonyl (C=O) groups excluding carboxylic acids is 1. The van der Waals surface area contributed by atoms with Crippen LogP contribution in [-0.4, -0.2) is 29.7 Å². The van der Waals surface area contributed by atoms with Crippen LogP contribution in [0.1, 0.15) is 48.2 Å². The van der Waals surface area contributed by atoms with Crippen LogP contribution < -0.4 is 10.6 Å². The average molecular weight is 389 g/mol. The van der Waals surface area contributed by atoms with E-state index in [9.17, 15) is 9.59 Å². The molecule has 2 rings (SSSR count). The van der Waals surface area contributed by atoms with Gasteiger partial charge in [-0.3, -0.25) is 4.79 Å². The molecule has 1 aromatic rings. The van der Waals surface area contributed by atoms with E-state index in [2.05, 4.69) is 26.6 Å². The maximum atomic E-state index is 12.3. The quantitative estimate of drug-likeness (QED) is 0.692. The zero-order valence-corrected chi connectivity index (χ0v) is 14.7. The van der Waals surface area contributed by atoms with Crippen molar-refractivity contribution >= 4 is 39.3 Å². The fourth-order valence-corrected chi connectivity index (χ4v) is 4.25. The molecule has 1 atom stereocenters. The summed E-state index contributed by atoms with van der Waals surface area (Å²) < 4.78 is 0.884. The van der Waals surface area contributed by atoms with Crippen molar-refractivity contribution in [2.45, 2.75) is 44.6 Å². The summed E-state index contributed by atoms with van der Waals surface area (Å²) in [5.41, 5.74) is 0. The molecule has 1 saturated carbocycles. The van der Waals surface area contributed by atoms with E-state index >= 15 is 0 Å². The molecule has 0 aromatic carbocycles. The molecule has 1 aromatic heterocycles. The van der Waals surface area contributed by atoms with Crippen LogP contribution in [0.15, 0.2) is 15.9 Å². The zero-order valence-electron chi connectivity index (χ0n) is 12.3. The fraction of sp³-hybridized carbons (Fsp3) is 0.600. The Bertz CT molecular complexity index is 515. The van der Waals surface area contributed by atoms with E-state index in [0.29, 0.717) is 10.8 Å². The number of halogens is 1. The Morgan fingerprint density at radius 2 is 2.09 bits per heavy atom. The SMILES string of the molecule is O=C(O)NC[C@@H](CC1CCCCC1)NC(=O)c1cc(Br)cs1. The molecule has 0 bridgehead atoms. The second kappa shape index (κ2) is 8.53. The molecule has 0 unspecified atom stereocenters. The van der Waals surface area contributed by atoms with Crippen LogP contribution in [0.25, 0.3) is 0 Å². The van der Waals surface area contributed by atoms with Gasteiger partial charge in [-0.15, -0.1) is 11.3 Å². The van der Waals surface area contributed by atoms with Gasteiger partial charge in [0.15, 0.2) is 0 Å². The topological polar surface area (TPSA) is 78.4 Å². The van der Waals surface area contributed by atoms with Crippen molar-refractivity contribution in [3.8, 4) is 0 Å². The Morgan fingerprint density at radius 1 is 1.36 bits per heavy atom. The number of hydrogen-bond donors (Lipinski definition) is 3. The average Bonchev–Trinajstić information content (AvgIpc) is 2.92. The van der Waals surface area contributed by atoms with Gasteiger partial charge < -0.3 is 15.7 Å². The van der Waals surface area contributed by atoms with Crippen molar-refractivity contribution in [2.75, 3.05) is 6.54 Å². The first-order chi connectivity index (χ1) is 10.5. The van der Waals surface area contributed by atoms with Crippen molar-refractivity contribution in [1.29, 1.82) is 0 Å². The van der Waals surface area contributed by atoms with Crippen LogP contribution in [0, 0.1) is 5.92 Å². The van der Waals surface area contributed by atoms with E-state index in [1.807, 2.05) is 5.38 Å². The van der Waals surface area contributed by atoms with E-state index in [-0.39, 0.29) is 18.5 Å². The van der Waals surface area contributed by atoms with Crippen LogP contribution in [-0.2, 0) is 0 Å². The van der Waals surface area contributed by atoms with Gasteiger partial charge in [-0.05, 0) is 34.3 Å². The summed E-state index contributed by atoms with van der Waals surface area (Å²) in [6.07, 6.45) is 5.86. The first kappa shape index (κ1) is 17.3. The molecular weight excluding hydrogens is 368 g/mol. The Hall–Kier alpha value is -1.08. The maximum Gasteiger partial charge on any atom is 0.404 e. The van der Waals surface area contributed by atoms with Crippen LogP contribution in [0.5, 0.6) is 0 Å². The van der Waals surface area contributed by atoms with Gasteiger partial charge in [-0.2, -0.15) is 0 Å². The van der Waals surface area contributed by atoms with Gasteiger partial charge >= 0.3 is 6.09 Å².